The Morgan fingerprint density at radius 2 is 1.58 bits per heavy atom. The smallest absolute Gasteiger partial charge is 0.335 e. The molecule has 0 N–H and O–H groups in total. The summed E-state index contributed by atoms with van der Waals surface area (Å²) in [5.41, 5.74) is 0. The van der Waals surface area contributed by atoms with Gasteiger partial charge in [-0.05, 0) is 26.7 Å². The fourth-order valence-electron chi connectivity index (χ4n) is 4.02. The molecule has 2 heterocycles. The fourth-order valence-corrected chi connectivity index (χ4v) is 4.02. The summed E-state index contributed by atoms with van der Waals surface area (Å²) in [6.45, 7) is 5.94. The quantitative estimate of drug-likeness (QED) is 0.546. The molecule has 3 fully saturated rings. The Hall–Kier alpha value is -1.96. The fraction of sp³-hybridized carbons (Fsp3) is 0.778. The van der Waals surface area contributed by atoms with Crippen molar-refractivity contribution in [3.05, 3.63) is 0 Å². The van der Waals surface area contributed by atoms with Gasteiger partial charge in [0.15, 0.2) is 0 Å². The van der Waals surface area contributed by atoms with Gasteiger partial charge in [0.2, 0.25) is 5.91 Å². The topological polar surface area (TPSA) is 81.2 Å². The summed E-state index contributed by atoms with van der Waals surface area (Å²) in [7, 11) is 0. The molecule has 0 unspecified atom stereocenters. The molecule has 8 nitrogen and oxygen atoms in total. The van der Waals surface area contributed by atoms with Gasteiger partial charge < -0.3 is 4.90 Å². The van der Waals surface area contributed by atoms with Crippen LogP contribution in [0.5, 0.6) is 0 Å². The van der Waals surface area contributed by atoms with Gasteiger partial charge in [-0.25, -0.2) is 9.69 Å². The van der Waals surface area contributed by atoms with Crippen molar-refractivity contribution in [2.24, 2.45) is 5.92 Å². The van der Waals surface area contributed by atoms with Crippen LogP contribution >= 0.6 is 0 Å². The summed E-state index contributed by atoms with van der Waals surface area (Å²) in [4.78, 5) is 54.9. The van der Waals surface area contributed by atoms with Crippen molar-refractivity contribution < 1.29 is 19.2 Å². The predicted octanol–water partition coefficient (Wildman–Crippen LogP) is 0.868. The Labute approximate surface area is 154 Å². The number of carbonyl (C=O) groups excluding carboxylic acids is 4. The average Bonchev–Trinajstić information content (AvgIpc) is 2.86. The summed E-state index contributed by atoms with van der Waals surface area (Å²) in [6, 6.07) is -0.885. The monoisotopic (exact) mass is 364 g/mol. The van der Waals surface area contributed by atoms with Crippen LogP contribution in [0.15, 0.2) is 0 Å². The van der Waals surface area contributed by atoms with Gasteiger partial charge in [-0.3, -0.25) is 24.2 Å². The Morgan fingerprint density at radius 3 is 2.12 bits per heavy atom. The van der Waals surface area contributed by atoms with Crippen molar-refractivity contribution in [3.8, 4) is 0 Å². The van der Waals surface area contributed by atoms with Crippen LogP contribution in [0.2, 0.25) is 0 Å². The molecule has 0 aromatic carbocycles. The standard InChI is InChI=1S/C18H28N4O4/c1-13(2)22-17(25)16(24)21(18(22)26)12-19-8-10-20(11-9-19)15(23)14-6-4-3-5-7-14/h13-14H,3-12H2,1-2H3. The lowest BCUT2D eigenvalue weighted by Crippen LogP contribution is -2.53. The summed E-state index contributed by atoms with van der Waals surface area (Å²) >= 11 is 0. The van der Waals surface area contributed by atoms with Gasteiger partial charge in [-0.2, -0.15) is 0 Å². The molecule has 0 atom stereocenters. The van der Waals surface area contributed by atoms with Crippen LogP contribution in [0.25, 0.3) is 0 Å². The van der Waals surface area contributed by atoms with Gasteiger partial charge in [-0.1, -0.05) is 19.3 Å². The average molecular weight is 364 g/mol. The molecule has 0 aromatic rings. The highest BCUT2D eigenvalue weighted by atomic mass is 16.2. The van der Waals surface area contributed by atoms with Gasteiger partial charge >= 0.3 is 17.8 Å². The zero-order valence-electron chi connectivity index (χ0n) is 15.6. The largest absolute Gasteiger partial charge is 0.340 e. The van der Waals surface area contributed by atoms with Crippen LogP contribution in [0.1, 0.15) is 46.0 Å². The third-order valence-electron chi connectivity index (χ3n) is 5.58. The first-order valence-electron chi connectivity index (χ1n) is 9.60. The first kappa shape index (κ1) is 18.8. The minimum Gasteiger partial charge on any atom is -0.340 e. The van der Waals surface area contributed by atoms with Crippen LogP contribution in [0, 0.1) is 5.92 Å². The number of rotatable bonds is 4. The van der Waals surface area contributed by atoms with Crippen molar-refractivity contribution in [2.75, 3.05) is 32.8 Å². The molecule has 2 saturated heterocycles. The van der Waals surface area contributed by atoms with Crippen molar-refractivity contribution in [1.29, 1.82) is 0 Å². The molecular formula is C18H28N4O4. The van der Waals surface area contributed by atoms with Crippen LogP contribution in [0.3, 0.4) is 0 Å². The SMILES string of the molecule is CC(C)N1C(=O)C(=O)N(CN2CCN(C(=O)C3CCCCC3)CC2)C1=O. The second-order valence-corrected chi connectivity index (χ2v) is 7.70. The minimum atomic E-state index is -0.760. The molecule has 0 spiro atoms. The number of amides is 5. The van der Waals surface area contributed by atoms with Crippen LogP contribution in [-0.4, -0.2) is 82.2 Å². The predicted molar refractivity (Wildman–Crippen MR) is 93.8 cm³/mol. The molecule has 1 saturated carbocycles. The van der Waals surface area contributed by atoms with Crippen LogP contribution < -0.4 is 0 Å². The molecule has 0 aromatic heterocycles. The number of nitrogens with zero attached hydrogens (tertiary/aromatic N) is 4. The number of imide groups is 2. The van der Waals surface area contributed by atoms with Gasteiger partial charge in [0.1, 0.15) is 0 Å². The lowest BCUT2D eigenvalue weighted by molar-refractivity contribution is -0.145. The van der Waals surface area contributed by atoms with E-state index in [4.69, 9.17) is 0 Å². The van der Waals surface area contributed by atoms with E-state index in [0.717, 1.165) is 35.5 Å². The Bertz CT molecular complexity index is 592. The van der Waals surface area contributed by atoms with E-state index in [1.165, 1.54) is 6.42 Å². The molecule has 5 amide bonds. The molecule has 26 heavy (non-hydrogen) atoms. The summed E-state index contributed by atoms with van der Waals surface area (Å²) in [6.07, 6.45) is 5.47. The lowest BCUT2D eigenvalue weighted by atomic mass is 9.88. The zero-order chi connectivity index (χ0) is 18.8. The molecule has 144 valence electrons. The van der Waals surface area contributed by atoms with Crippen molar-refractivity contribution in [1.82, 2.24) is 19.6 Å². The number of carbonyl (C=O) groups is 4. The summed E-state index contributed by atoms with van der Waals surface area (Å²) < 4.78 is 0. The van der Waals surface area contributed by atoms with Crippen molar-refractivity contribution >= 4 is 23.8 Å². The first-order chi connectivity index (χ1) is 12.4. The number of hydrogen-bond acceptors (Lipinski definition) is 5. The highest BCUT2D eigenvalue weighted by Crippen LogP contribution is 2.26. The van der Waals surface area contributed by atoms with Crippen LogP contribution in [0.4, 0.5) is 4.79 Å². The molecule has 3 aliphatic rings. The Kier molecular flexibility index (Phi) is 5.60. The maximum atomic E-state index is 12.6. The summed E-state index contributed by atoms with van der Waals surface area (Å²) in [5, 5.41) is 0. The lowest BCUT2D eigenvalue weighted by Gasteiger charge is -2.38. The third kappa shape index (κ3) is 3.60. The third-order valence-corrected chi connectivity index (χ3v) is 5.58. The maximum absolute atomic E-state index is 12.6. The number of piperazine rings is 1. The van der Waals surface area contributed by atoms with E-state index in [9.17, 15) is 19.2 Å². The summed E-state index contributed by atoms with van der Waals surface area (Å²) in [5.74, 6) is -1.10. The molecular weight excluding hydrogens is 336 g/mol. The normalized spacial score (nSPS) is 23.5. The van der Waals surface area contributed by atoms with E-state index in [1.807, 2.05) is 9.80 Å². The van der Waals surface area contributed by atoms with E-state index in [2.05, 4.69) is 0 Å². The molecule has 0 bridgehead atoms. The second-order valence-electron chi connectivity index (χ2n) is 7.70. The highest BCUT2D eigenvalue weighted by Gasteiger charge is 2.46. The van der Waals surface area contributed by atoms with Gasteiger partial charge in [0, 0.05) is 38.1 Å². The Balaban J connectivity index is 1.52. The van der Waals surface area contributed by atoms with Crippen molar-refractivity contribution in [3.63, 3.8) is 0 Å². The minimum absolute atomic E-state index is 0.109. The molecule has 0 radical (unpaired) electrons. The highest BCUT2D eigenvalue weighted by molar-refractivity contribution is 6.44. The van der Waals surface area contributed by atoms with Gasteiger partial charge in [-0.15, -0.1) is 0 Å². The maximum Gasteiger partial charge on any atom is 0.335 e. The molecule has 2 aliphatic heterocycles. The van der Waals surface area contributed by atoms with E-state index in [-0.39, 0.29) is 24.5 Å². The van der Waals surface area contributed by atoms with E-state index in [0.29, 0.717) is 26.2 Å². The number of urea groups is 1. The molecule has 1 aliphatic carbocycles. The molecule has 3 rings (SSSR count). The zero-order valence-corrected chi connectivity index (χ0v) is 15.6. The Morgan fingerprint density at radius 1 is 0.962 bits per heavy atom. The van der Waals surface area contributed by atoms with Crippen LogP contribution in [-0.2, 0) is 14.4 Å². The first-order valence-corrected chi connectivity index (χ1v) is 9.60. The van der Waals surface area contributed by atoms with Gasteiger partial charge in [0.25, 0.3) is 0 Å². The van der Waals surface area contributed by atoms with E-state index in [1.54, 1.807) is 13.8 Å². The molecule has 8 heteroatoms. The van der Waals surface area contributed by atoms with Crippen molar-refractivity contribution in [2.45, 2.75) is 52.0 Å². The second kappa shape index (κ2) is 7.73. The van der Waals surface area contributed by atoms with Gasteiger partial charge in [0.05, 0.1) is 6.67 Å². The number of hydrogen-bond donors (Lipinski definition) is 0. The van der Waals surface area contributed by atoms with E-state index >= 15 is 0 Å². The van der Waals surface area contributed by atoms with E-state index < -0.39 is 17.8 Å².